The molecule has 1 heterocycles. The minimum Gasteiger partial charge on any atom is -0.497 e. The molecule has 0 fully saturated rings. The maximum atomic E-state index is 14.2. The topological polar surface area (TPSA) is 89.4 Å². The lowest BCUT2D eigenvalue weighted by Gasteiger charge is -2.30. The first-order valence-corrected chi connectivity index (χ1v) is 12.4. The van der Waals surface area contributed by atoms with Crippen molar-refractivity contribution >= 4 is 11.8 Å². The van der Waals surface area contributed by atoms with E-state index in [0.29, 0.717) is 47.1 Å². The fraction of sp³-hybridized carbons (Fsp3) is 0.267. The highest BCUT2D eigenvalue weighted by molar-refractivity contribution is 6.01. The van der Waals surface area contributed by atoms with Crippen LogP contribution < -0.4 is 14.8 Å². The van der Waals surface area contributed by atoms with Gasteiger partial charge in [0, 0.05) is 37.1 Å². The number of nitrogens with one attached hydrogen (secondary N) is 1. The number of carbonyl (C=O) groups is 1. The Hall–Kier alpha value is -4.17. The largest absolute Gasteiger partial charge is 0.497 e. The van der Waals surface area contributed by atoms with E-state index in [1.165, 1.54) is 6.07 Å². The zero-order valence-electron chi connectivity index (χ0n) is 21.2. The molecule has 0 radical (unpaired) electrons. The second-order valence-corrected chi connectivity index (χ2v) is 8.83. The van der Waals surface area contributed by atoms with Gasteiger partial charge in [-0.25, -0.2) is 9.38 Å². The number of aliphatic hydroxyl groups excluding tert-OH is 1. The van der Waals surface area contributed by atoms with Gasteiger partial charge in [-0.05, 0) is 48.0 Å². The zero-order chi connectivity index (χ0) is 27.0. The van der Waals surface area contributed by atoms with Crippen molar-refractivity contribution in [1.82, 2.24) is 5.32 Å². The van der Waals surface area contributed by atoms with Crippen molar-refractivity contribution in [3.05, 3.63) is 108 Å². The van der Waals surface area contributed by atoms with Crippen molar-refractivity contribution in [2.45, 2.75) is 31.0 Å². The first-order chi connectivity index (χ1) is 18.5. The maximum Gasteiger partial charge on any atom is 0.252 e. The molecule has 0 saturated heterocycles. The normalized spacial score (nSPS) is 18.3. The number of halogens is 1. The molecule has 1 aliphatic rings. The lowest BCUT2D eigenvalue weighted by molar-refractivity contribution is -0.129. The molecule has 0 bridgehead atoms. The number of ether oxygens (including phenoxy) is 3. The quantitative estimate of drug-likeness (QED) is 0.267. The Labute approximate surface area is 221 Å². The van der Waals surface area contributed by atoms with Crippen molar-refractivity contribution in [3.8, 4) is 11.5 Å². The standard InChI is InChI=1S/C30H31FN2O5/c1-3-16-30(29(35)32-20-23-8-4-5-11-26(23)31)27(22-9-6-10-25(19-22)36-2)38-28(33-30)21-12-14-24(15-13-21)37-18-7-17-34/h3-6,8-15,19,27,34H,1,7,16-18,20H2,2H3,(H,32,35)/t27-,30-/m1/s1. The van der Waals surface area contributed by atoms with Gasteiger partial charge in [-0.2, -0.15) is 0 Å². The summed E-state index contributed by atoms with van der Waals surface area (Å²) in [4.78, 5) is 18.7. The van der Waals surface area contributed by atoms with Gasteiger partial charge in [0.2, 0.25) is 5.90 Å². The summed E-state index contributed by atoms with van der Waals surface area (Å²) in [5.74, 6) is 0.742. The molecule has 198 valence electrons. The summed E-state index contributed by atoms with van der Waals surface area (Å²) < 4.78 is 31.6. The third-order valence-corrected chi connectivity index (χ3v) is 6.28. The first-order valence-electron chi connectivity index (χ1n) is 12.4. The smallest absolute Gasteiger partial charge is 0.252 e. The van der Waals surface area contributed by atoms with E-state index in [2.05, 4.69) is 11.9 Å². The number of nitrogens with zero attached hydrogens (tertiary/aromatic N) is 1. The summed E-state index contributed by atoms with van der Waals surface area (Å²) in [6.07, 6.45) is 1.56. The highest BCUT2D eigenvalue weighted by Gasteiger charge is 2.52. The average Bonchev–Trinajstić information content (AvgIpc) is 3.34. The predicted molar refractivity (Wildman–Crippen MR) is 143 cm³/mol. The number of benzene rings is 3. The Morgan fingerprint density at radius 1 is 1.16 bits per heavy atom. The maximum absolute atomic E-state index is 14.2. The Balaban J connectivity index is 1.69. The molecule has 1 aliphatic heterocycles. The van der Waals surface area contributed by atoms with Gasteiger partial charge in [0.1, 0.15) is 17.3 Å². The molecule has 0 saturated carbocycles. The highest BCUT2D eigenvalue weighted by atomic mass is 19.1. The third-order valence-electron chi connectivity index (χ3n) is 6.28. The van der Waals surface area contributed by atoms with Gasteiger partial charge in [0.05, 0.1) is 13.7 Å². The van der Waals surface area contributed by atoms with E-state index in [0.717, 1.165) is 0 Å². The Morgan fingerprint density at radius 2 is 1.95 bits per heavy atom. The number of amides is 1. The van der Waals surface area contributed by atoms with Crippen LogP contribution in [0.1, 0.15) is 35.6 Å². The van der Waals surface area contributed by atoms with Crippen LogP contribution in [0.5, 0.6) is 11.5 Å². The van der Waals surface area contributed by atoms with Gasteiger partial charge in [0.15, 0.2) is 11.6 Å². The number of carbonyl (C=O) groups excluding carboxylic acids is 1. The minimum atomic E-state index is -1.38. The summed E-state index contributed by atoms with van der Waals surface area (Å²) in [7, 11) is 1.57. The van der Waals surface area contributed by atoms with Crippen LogP contribution in [-0.4, -0.2) is 42.8 Å². The van der Waals surface area contributed by atoms with Crippen LogP contribution >= 0.6 is 0 Å². The van der Waals surface area contributed by atoms with Crippen molar-refractivity contribution in [2.24, 2.45) is 4.99 Å². The molecule has 3 aromatic rings. The average molecular weight is 519 g/mol. The summed E-state index contributed by atoms with van der Waals surface area (Å²) in [5, 5.41) is 11.8. The van der Waals surface area contributed by atoms with Crippen molar-refractivity contribution in [3.63, 3.8) is 0 Å². The molecule has 2 atom stereocenters. The van der Waals surface area contributed by atoms with Crippen LogP contribution in [0.25, 0.3) is 0 Å². The Morgan fingerprint density at radius 3 is 2.66 bits per heavy atom. The van der Waals surface area contributed by atoms with Gasteiger partial charge in [-0.3, -0.25) is 4.79 Å². The first kappa shape index (κ1) is 26.9. The molecule has 38 heavy (non-hydrogen) atoms. The highest BCUT2D eigenvalue weighted by Crippen LogP contribution is 2.43. The van der Waals surface area contributed by atoms with Crippen molar-refractivity contribution in [2.75, 3.05) is 20.3 Å². The molecule has 4 rings (SSSR count). The third kappa shape index (κ3) is 5.86. The van der Waals surface area contributed by atoms with Crippen LogP contribution in [-0.2, 0) is 16.1 Å². The lowest BCUT2D eigenvalue weighted by Crippen LogP contribution is -2.47. The molecule has 2 N–H and O–H groups in total. The number of hydrogen-bond donors (Lipinski definition) is 2. The molecule has 0 aromatic heterocycles. The van der Waals surface area contributed by atoms with Crippen LogP contribution in [0.2, 0.25) is 0 Å². The molecular formula is C30H31FN2O5. The van der Waals surface area contributed by atoms with Crippen molar-refractivity contribution < 1.29 is 28.5 Å². The van der Waals surface area contributed by atoms with Gasteiger partial charge in [0.25, 0.3) is 5.91 Å². The minimum absolute atomic E-state index is 0.0000402. The second kappa shape index (κ2) is 12.4. The van der Waals surface area contributed by atoms with Crippen LogP contribution in [0.4, 0.5) is 4.39 Å². The van der Waals surface area contributed by atoms with Gasteiger partial charge in [-0.1, -0.05) is 36.4 Å². The lowest BCUT2D eigenvalue weighted by atomic mass is 9.84. The SMILES string of the molecule is C=CC[C@@]1(C(=O)NCc2ccccc2F)N=C(c2ccc(OCCCO)cc2)O[C@@H]1c1cccc(OC)c1. The van der Waals surface area contributed by atoms with Crippen LogP contribution in [0.15, 0.2) is 90.4 Å². The summed E-state index contributed by atoms with van der Waals surface area (Å²) in [5.41, 5.74) is 0.355. The number of rotatable bonds is 12. The number of aliphatic hydroxyl groups is 1. The fourth-order valence-electron chi connectivity index (χ4n) is 4.31. The predicted octanol–water partition coefficient (Wildman–Crippen LogP) is 4.74. The van der Waals surface area contributed by atoms with E-state index in [1.54, 1.807) is 55.7 Å². The van der Waals surface area contributed by atoms with Crippen LogP contribution in [0, 0.1) is 5.82 Å². The second-order valence-electron chi connectivity index (χ2n) is 8.83. The monoisotopic (exact) mass is 518 g/mol. The van der Waals surface area contributed by atoms with E-state index in [4.69, 9.17) is 24.3 Å². The molecule has 0 unspecified atom stereocenters. The Bertz CT molecular complexity index is 1290. The fourth-order valence-corrected chi connectivity index (χ4v) is 4.31. The van der Waals surface area contributed by atoms with Crippen LogP contribution in [0.3, 0.4) is 0 Å². The summed E-state index contributed by atoms with van der Waals surface area (Å²) >= 11 is 0. The molecule has 1 amide bonds. The van der Waals surface area contributed by atoms with Crippen molar-refractivity contribution in [1.29, 1.82) is 0 Å². The number of hydrogen-bond acceptors (Lipinski definition) is 6. The number of methoxy groups -OCH3 is 1. The van der Waals surface area contributed by atoms with Gasteiger partial charge in [-0.15, -0.1) is 6.58 Å². The van der Waals surface area contributed by atoms with E-state index in [-0.39, 0.29) is 19.6 Å². The van der Waals surface area contributed by atoms with E-state index in [1.807, 2.05) is 24.3 Å². The number of aliphatic imine (C=N–C) groups is 1. The summed E-state index contributed by atoms with van der Waals surface area (Å²) in [6.45, 7) is 4.32. The van der Waals surface area contributed by atoms with Gasteiger partial charge < -0.3 is 24.6 Å². The molecule has 3 aromatic carbocycles. The molecule has 0 spiro atoms. The summed E-state index contributed by atoms with van der Waals surface area (Å²) in [6, 6.07) is 20.8. The van der Waals surface area contributed by atoms with E-state index < -0.39 is 23.4 Å². The van der Waals surface area contributed by atoms with Gasteiger partial charge >= 0.3 is 0 Å². The van der Waals surface area contributed by atoms with E-state index in [9.17, 15) is 9.18 Å². The molecule has 7 nitrogen and oxygen atoms in total. The van der Waals surface area contributed by atoms with E-state index >= 15 is 0 Å². The Kier molecular flexibility index (Phi) is 8.76. The molecule has 8 heteroatoms. The molecule has 0 aliphatic carbocycles. The molecular weight excluding hydrogens is 487 g/mol. The zero-order valence-corrected chi connectivity index (χ0v) is 21.2.